The maximum absolute atomic E-state index is 12.1. The molecule has 0 aromatic carbocycles. The normalized spacial score (nSPS) is 18.0. The highest BCUT2D eigenvalue weighted by molar-refractivity contribution is 7.99. The Bertz CT molecular complexity index is 487. The minimum atomic E-state index is -1.15. The molecule has 0 saturated carbocycles. The molecule has 0 radical (unpaired) electrons. The highest BCUT2D eigenvalue weighted by atomic mass is 32.2. The monoisotopic (exact) mass is 283 g/mol. The van der Waals surface area contributed by atoms with Crippen molar-refractivity contribution >= 4 is 23.6 Å². The fourth-order valence-corrected chi connectivity index (χ4v) is 3.25. The van der Waals surface area contributed by atoms with E-state index in [9.17, 15) is 14.7 Å². The van der Waals surface area contributed by atoms with E-state index in [2.05, 4.69) is 10.4 Å². The van der Waals surface area contributed by atoms with Gasteiger partial charge in [-0.25, -0.2) is 4.79 Å². The van der Waals surface area contributed by atoms with Crippen LogP contribution in [0.1, 0.15) is 29.0 Å². The van der Waals surface area contributed by atoms with Crippen LogP contribution < -0.4 is 5.32 Å². The molecule has 104 valence electrons. The lowest BCUT2D eigenvalue weighted by Gasteiger charge is -2.33. The molecule has 1 aromatic rings. The summed E-state index contributed by atoms with van der Waals surface area (Å²) in [7, 11) is 1.75. The molecule has 0 unspecified atom stereocenters. The van der Waals surface area contributed by atoms with Gasteiger partial charge < -0.3 is 10.4 Å². The predicted octanol–water partition coefficient (Wildman–Crippen LogP) is 0.809. The van der Waals surface area contributed by atoms with E-state index in [1.54, 1.807) is 29.6 Å². The fourth-order valence-electron chi connectivity index (χ4n) is 2.07. The van der Waals surface area contributed by atoms with Crippen molar-refractivity contribution in [2.75, 3.05) is 11.5 Å². The first-order valence-electron chi connectivity index (χ1n) is 6.09. The van der Waals surface area contributed by atoms with Gasteiger partial charge in [0.1, 0.15) is 11.2 Å². The molecule has 0 aliphatic carbocycles. The molecule has 1 fully saturated rings. The average Bonchev–Trinajstić information content (AvgIpc) is 2.71. The summed E-state index contributed by atoms with van der Waals surface area (Å²) in [4.78, 5) is 23.6. The lowest BCUT2D eigenvalue weighted by Crippen LogP contribution is -2.56. The minimum absolute atomic E-state index is 0.263. The van der Waals surface area contributed by atoms with Crippen molar-refractivity contribution < 1.29 is 14.7 Å². The second-order valence-corrected chi connectivity index (χ2v) is 5.97. The van der Waals surface area contributed by atoms with Crippen molar-refractivity contribution in [2.24, 2.45) is 7.05 Å². The summed E-state index contributed by atoms with van der Waals surface area (Å²) in [5, 5.41) is 16.1. The molecule has 1 aromatic heterocycles. The lowest BCUT2D eigenvalue weighted by atomic mass is 9.92. The Morgan fingerprint density at radius 2 is 2.11 bits per heavy atom. The lowest BCUT2D eigenvalue weighted by molar-refractivity contribution is -0.144. The third kappa shape index (κ3) is 2.75. The third-order valence-corrected chi connectivity index (χ3v) is 4.44. The first-order valence-corrected chi connectivity index (χ1v) is 7.24. The zero-order valence-electron chi connectivity index (χ0n) is 11.0. The number of nitrogens with one attached hydrogen (secondary N) is 1. The molecule has 0 bridgehead atoms. The number of hydrogen-bond donors (Lipinski definition) is 2. The topological polar surface area (TPSA) is 84.2 Å². The molecule has 2 heterocycles. The van der Waals surface area contributed by atoms with Crippen LogP contribution in [-0.2, 0) is 11.8 Å². The third-order valence-electron chi connectivity index (χ3n) is 3.45. The quantitative estimate of drug-likeness (QED) is 0.857. The summed E-state index contributed by atoms with van der Waals surface area (Å²) in [6.07, 6.45) is 0.898. The van der Waals surface area contributed by atoms with Crippen molar-refractivity contribution in [3.8, 4) is 0 Å². The summed E-state index contributed by atoms with van der Waals surface area (Å²) in [5.74, 6) is 0.105. The first-order chi connectivity index (χ1) is 8.94. The van der Waals surface area contributed by atoms with Gasteiger partial charge in [0.15, 0.2) is 0 Å². The smallest absolute Gasteiger partial charge is 0.329 e. The number of thioether (sulfide) groups is 1. The number of aromatic nitrogens is 2. The van der Waals surface area contributed by atoms with Crippen molar-refractivity contribution in [1.82, 2.24) is 15.1 Å². The number of rotatable bonds is 3. The zero-order chi connectivity index (χ0) is 14.0. The van der Waals surface area contributed by atoms with E-state index in [0.29, 0.717) is 12.8 Å². The van der Waals surface area contributed by atoms with Gasteiger partial charge in [0.25, 0.3) is 5.91 Å². The van der Waals surface area contributed by atoms with Gasteiger partial charge in [-0.2, -0.15) is 16.9 Å². The summed E-state index contributed by atoms with van der Waals surface area (Å²) >= 11 is 1.71. The van der Waals surface area contributed by atoms with Crippen LogP contribution in [0.5, 0.6) is 0 Å². The van der Waals surface area contributed by atoms with Crippen LogP contribution >= 0.6 is 11.8 Å². The van der Waals surface area contributed by atoms with E-state index in [0.717, 1.165) is 17.2 Å². The molecule has 1 saturated heterocycles. The second-order valence-electron chi connectivity index (χ2n) is 4.75. The molecule has 6 nitrogen and oxygen atoms in total. The average molecular weight is 283 g/mol. The van der Waals surface area contributed by atoms with Crippen LogP contribution in [0, 0.1) is 6.92 Å². The Morgan fingerprint density at radius 3 is 2.58 bits per heavy atom. The van der Waals surface area contributed by atoms with Gasteiger partial charge in [0, 0.05) is 12.7 Å². The van der Waals surface area contributed by atoms with Crippen LogP contribution in [0.3, 0.4) is 0 Å². The number of carboxylic acids is 1. The number of hydrogen-bond acceptors (Lipinski definition) is 4. The van der Waals surface area contributed by atoms with E-state index in [1.165, 1.54) is 0 Å². The Hall–Kier alpha value is -1.50. The first kappa shape index (κ1) is 13.9. The molecule has 1 aliphatic heterocycles. The van der Waals surface area contributed by atoms with Gasteiger partial charge in [-0.1, -0.05) is 0 Å². The predicted molar refractivity (Wildman–Crippen MR) is 72.3 cm³/mol. The molecule has 7 heteroatoms. The van der Waals surface area contributed by atoms with Crippen molar-refractivity contribution in [2.45, 2.75) is 25.3 Å². The van der Waals surface area contributed by atoms with Crippen LogP contribution in [0.2, 0.25) is 0 Å². The van der Waals surface area contributed by atoms with Crippen molar-refractivity contribution in [1.29, 1.82) is 0 Å². The highest BCUT2D eigenvalue weighted by Crippen LogP contribution is 2.27. The van der Waals surface area contributed by atoms with Crippen molar-refractivity contribution in [3.63, 3.8) is 0 Å². The zero-order valence-corrected chi connectivity index (χ0v) is 11.8. The molecule has 2 N–H and O–H groups in total. The number of aryl methyl sites for hydroxylation is 2. The standard InChI is InChI=1S/C12H17N3O3S/c1-8-7-9(14-15(8)2)10(16)13-12(11(17)18)3-5-19-6-4-12/h7H,3-6H2,1-2H3,(H,13,16)(H,17,18). The molecule has 0 spiro atoms. The molecule has 1 aliphatic rings. The number of nitrogens with zero attached hydrogens (tertiary/aromatic N) is 2. The minimum Gasteiger partial charge on any atom is -0.480 e. The van der Waals surface area contributed by atoms with Crippen LogP contribution in [0.4, 0.5) is 0 Å². The van der Waals surface area contributed by atoms with Gasteiger partial charge in [0.05, 0.1) is 0 Å². The van der Waals surface area contributed by atoms with E-state index in [-0.39, 0.29) is 5.69 Å². The number of carbonyl (C=O) groups is 2. The number of carboxylic acid groups (broad SMARTS) is 1. The Labute approximate surface area is 115 Å². The highest BCUT2D eigenvalue weighted by Gasteiger charge is 2.41. The fraction of sp³-hybridized carbons (Fsp3) is 0.583. The Kier molecular flexibility index (Phi) is 3.84. The van der Waals surface area contributed by atoms with E-state index in [1.807, 2.05) is 6.92 Å². The summed E-state index contributed by atoms with van der Waals surface area (Å²) in [6, 6.07) is 1.66. The molecule has 1 amide bonds. The van der Waals surface area contributed by atoms with Gasteiger partial charge in [-0.05, 0) is 37.3 Å². The molecular formula is C12H17N3O3S. The SMILES string of the molecule is Cc1cc(C(=O)NC2(C(=O)O)CCSCC2)nn1C. The maximum atomic E-state index is 12.1. The largest absolute Gasteiger partial charge is 0.480 e. The molecular weight excluding hydrogens is 266 g/mol. The Balaban J connectivity index is 2.17. The number of amides is 1. The van der Waals surface area contributed by atoms with E-state index >= 15 is 0 Å². The summed E-state index contributed by atoms with van der Waals surface area (Å²) in [6.45, 7) is 1.84. The van der Waals surface area contributed by atoms with Gasteiger partial charge in [0.2, 0.25) is 0 Å². The van der Waals surface area contributed by atoms with Crippen LogP contribution in [0.15, 0.2) is 6.07 Å². The Morgan fingerprint density at radius 1 is 1.47 bits per heavy atom. The summed E-state index contributed by atoms with van der Waals surface area (Å²) in [5.41, 5.74) is -0.0270. The van der Waals surface area contributed by atoms with E-state index in [4.69, 9.17) is 0 Å². The second kappa shape index (κ2) is 5.24. The molecule has 19 heavy (non-hydrogen) atoms. The van der Waals surface area contributed by atoms with Gasteiger partial charge >= 0.3 is 5.97 Å². The van der Waals surface area contributed by atoms with Gasteiger partial charge in [-0.15, -0.1) is 0 Å². The van der Waals surface area contributed by atoms with Gasteiger partial charge in [-0.3, -0.25) is 9.48 Å². The molecule has 0 atom stereocenters. The molecule has 2 rings (SSSR count). The van der Waals surface area contributed by atoms with E-state index < -0.39 is 17.4 Å². The van der Waals surface area contributed by atoms with Crippen LogP contribution in [-0.4, -0.2) is 43.8 Å². The maximum Gasteiger partial charge on any atom is 0.329 e. The number of aliphatic carboxylic acids is 1. The van der Waals surface area contributed by atoms with Crippen molar-refractivity contribution in [3.05, 3.63) is 17.5 Å². The van der Waals surface area contributed by atoms with Crippen LogP contribution in [0.25, 0.3) is 0 Å². The summed E-state index contributed by atoms with van der Waals surface area (Å²) < 4.78 is 1.60. The number of carbonyl (C=O) groups excluding carboxylic acids is 1.